The van der Waals surface area contributed by atoms with Gasteiger partial charge in [-0.3, -0.25) is 19.1 Å². The van der Waals surface area contributed by atoms with E-state index in [-0.39, 0.29) is 24.1 Å². The fourth-order valence-corrected chi connectivity index (χ4v) is 5.92. The normalized spacial score (nSPS) is 15.2. The molecule has 4 heterocycles. The Balaban J connectivity index is 1.21. The second-order valence-electron chi connectivity index (χ2n) is 8.09. The van der Waals surface area contributed by atoms with E-state index in [9.17, 15) is 9.59 Å². The molecular formula is C24H24N4O2S2. The van der Waals surface area contributed by atoms with Gasteiger partial charge < -0.3 is 5.32 Å². The van der Waals surface area contributed by atoms with Crippen molar-refractivity contribution in [1.82, 2.24) is 19.8 Å². The van der Waals surface area contributed by atoms with Crippen LogP contribution in [0.3, 0.4) is 0 Å². The number of nitrogens with zero attached hydrogens (tertiary/aromatic N) is 3. The fourth-order valence-electron chi connectivity index (χ4n) is 4.20. The van der Waals surface area contributed by atoms with Crippen molar-refractivity contribution in [1.29, 1.82) is 0 Å². The number of hydrogen-bond acceptors (Lipinski definition) is 6. The van der Waals surface area contributed by atoms with Crippen LogP contribution in [0, 0.1) is 0 Å². The summed E-state index contributed by atoms with van der Waals surface area (Å²) >= 11 is 3.06. The van der Waals surface area contributed by atoms with Crippen molar-refractivity contribution in [3.8, 4) is 10.4 Å². The molecule has 0 atom stereocenters. The minimum absolute atomic E-state index is 0.00820. The molecule has 8 heteroatoms. The largest absolute Gasteiger partial charge is 0.352 e. The van der Waals surface area contributed by atoms with Crippen molar-refractivity contribution in [3.63, 3.8) is 0 Å². The molecule has 1 aromatic carbocycles. The third-order valence-corrected chi connectivity index (χ3v) is 7.65. The van der Waals surface area contributed by atoms with Crippen LogP contribution in [0.4, 0.5) is 0 Å². The zero-order valence-corrected chi connectivity index (χ0v) is 19.2. The molecule has 32 heavy (non-hydrogen) atoms. The molecule has 164 valence electrons. The molecule has 3 aromatic heterocycles. The van der Waals surface area contributed by atoms with E-state index in [1.807, 2.05) is 29.0 Å². The summed E-state index contributed by atoms with van der Waals surface area (Å²) in [5, 5.41) is 7.68. The van der Waals surface area contributed by atoms with E-state index in [4.69, 9.17) is 0 Å². The Hall–Kier alpha value is -2.81. The molecule has 0 unspecified atom stereocenters. The molecule has 0 saturated carbocycles. The predicted octanol–water partition coefficient (Wildman–Crippen LogP) is 3.97. The number of amides is 1. The summed E-state index contributed by atoms with van der Waals surface area (Å²) in [7, 11) is 0. The van der Waals surface area contributed by atoms with Gasteiger partial charge in [0.05, 0.1) is 11.7 Å². The minimum Gasteiger partial charge on any atom is -0.352 e. The van der Waals surface area contributed by atoms with Crippen molar-refractivity contribution in [2.75, 3.05) is 13.1 Å². The van der Waals surface area contributed by atoms with Crippen LogP contribution >= 0.6 is 22.7 Å². The highest BCUT2D eigenvalue weighted by Crippen LogP contribution is 2.33. The first kappa shape index (κ1) is 21.1. The van der Waals surface area contributed by atoms with Crippen molar-refractivity contribution < 1.29 is 4.79 Å². The van der Waals surface area contributed by atoms with Gasteiger partial charge in [0.1, 0.15) is 11.4 Å². The van der Waals surface area contributed by atoms with Crippen molar-refractivity contribution in [3.05, 3.63) is 75.5 Å². The lowest BCUT2D eigenvalue weighted by Crippen LogP contribution is -2.45. The van der Waals surface area contributed by atoms with Crippen LogP contribution in [0.1, 0.15) is 18.4 Å². The minimum atomic E-state index is -0.160. The van der Waals surface area contributed by atoms with E-state index in [2.05, 4.69) is 39.5 Å². The first-order valence-electron chi connectivity index (χ1n) is 10.7. The lowest BCUT2D eigenvalue weighted by Gasteiger charge is -2.32. The Kier molecular flexibility index (Phi) is 6.16. The van der Waals surface area contributed by atoms with Gasteiger partial charge in [-0.1, -0.05) is 36.4 Å². The van der Waals surface area contributed by atoms with Crippen molar-refractivity contribution in [2.45, 2.75) is 32.0 Å². The maximum atomic E-state index is 13.1. The van der Waals surface area contributed by atoms with Crippen molar-refractivity contribution in [2.24, 2.45) is 0 Å². The second kappa shape index (κ2) is 9.36. The molecule has 1 N–H and O–H groups in total. The smallest absolute Gasteiger partial charge is 0.263 e. The molecule has 0 spiro atoms. The summed E-state index contributed by atoms with van der Waals surface area (Å²) in [5.74, 6) is -0.136. The first-order chi connectivity index (χ1) is 15.7. The monoisotopic (exact) mass is 464 g/mol. The van der Waals surface area contributed by atoms with Gasteiger partial charge in [-0.2, -0.15) is 0 Å². The molecule has 1 aliphatic heterocycles. The number of aromatic nitrogens is 2. The van der Waals surface area contributed by atoms with Gasteiger partial charge in [0.2, 0.25) is 5.91 Å². The topological polar surface area (TPSA) is 67.2 Å². The van der Waals surface area contributed by atoms with E-state index in [1.54, 1.807) is 11.3 Å². The molecule has 5 rings (SSSR count). The zero-order chi connectivity index (χ0) is 21.9. The number of carbonyl (C=O) groups is 1. The molecule has 0 bridgehead atoms. The highest BCUT2D eigenvalue weighted by molar-refractivity contribution is 7.18. The molecule has 0 radical (unpaired) electrons. The number of hydrogen-bond donors (Lipinski definition) is 1. The number of piperidine rings is 1. The molecule has 4 aromatic rings. The SMILES string of the molecule is O=C(Cn1cnc2scc(-c3cccs3)c2c1=O)NC1CCN(Cc2ccccc2)CC1. The predicted molar refractivity (Wildman–Crippen MR) is 130 cm³/mol. The average molecular weight is 465 g/mol. The summed E-state index contributed by atoms with van der Waals surface area (Å²) in [6.45, 7) is 2.83. The van der Waals surface area contributed by atoms with Crippen LogP contribution in [0.5, 0.6) is 0 Å². The van der Waals surface area contributed by atoms with E-state index >= 15 is 0 Å². The van der Waals surface area contributed by atoms with E-state index in [1.165, 1.54) is 27.8 Å². The average Bonchev–Trinajstić information content (AvgIpc) is 3.48. The molecular weight excluding hydrogens is 440 g/mol. The Morgan fingerprint density at radius 3 is 2.66 bits per heavy atom. The van der Waals surface area contributed by atoms with Crippen LogP contribution in [0.25, 0.3) is 20.7 Å². The highest BCUT2D eigenvalue weighted by Gasteiger charge is 2.21. The highest BCUT2D eigenvalue weighted by atomic mass is 32.1. The van der Waals surface area contributed by atoms with Crippen LogP contribution in [0.15, 0.2) is 64.3 Å². The maximum absolute atomic E-state index is 13.1. The van der Waals surface area contributed by atoms with E-state index < -0.39 is 0 Å². The van der Waals surface area contributed by atoms with Gasteiger partial charge in [0.15, 0.2) is 0 Å². The Morgan fingerprint density at radius 1 is 1.09 bits per heavy atom. The van der Waals surface area contributed by atoms with Gasteiger partial charge in [-0.25, -0.2) is 4.98 Å². The number of fused-ring (bicyclic) bond motifs is 1. The van der Waals surface area contributed by atoms with Gasteiger partial charge in [0, 0.05) is 41.5 Å². The van der Waals surface area contributed by atoms with Gasteiger partial charge in [-0.15, -0.1) is 22.7 Å². The Bertz CT molecular complexity index is 1260. The van der Waals surface area contributed by atoms with E-state index in [0.29, 0.717) is 10.2 Å². The molecule has 0 aliphatic carbocycles. The quantitative estimate of drug-likeness (QED) is 0.469. The third kappa shape index (κ3) is 4.53. The summed E-state index contributed by atoms with van der Waals surface area (Å²) in [4.78, 5) is 34.4. The first-order valence-corrected chi connectivity index (χ1v) is 12.5. The fraction of sp³-hybridized carbons (Fsp3) is 0.292. The summed E-state index contributed by atoms with van der Waals surface area (Å²) in [6.07, 6.45) is 3.32. The van der Waals surface area contributed by atoms with Crippen LogP contribution in [-0.2, 0) is 17.9 Å². The third-order valence-electron chi connectivity index (χ3n) is 5.86. The molecule has 6 nitrogen and oxygen atoms in total. The van der Waals surface area contributed by atoms with Gasteiger partial charge >= 0.3 is 0 Å². The standard InChI is InChI=1S/C24H24N4O2S2/c29-21(26-18-8-10-27(11-9-18)13-17-5-2-1-3-6-17)14-28-16-25-23-22(24(28)30)19(15-32-23)20-7-4-12-31-20/h1-7,12,15-16,18H,8-11,13-14H2,(H,26,29). The Morgan fingerprint density at radius 2 is 1.91 bits per heavy atom. The number of benzene rings is 1. The van der Waals surface area contributed by atoms with Crippen molar-refractivity contribution >= 4 is 38.8 Å². The van der Waals surface area contributed by atoms with E-state index in [0.717, 1.165) is 42.9 Å². The molecule has 1 fully saturated rings. The second-order valence-corrected chi connectivity index (χ2v) is 9.89. The number of thiophene rings is 2. The van der Waals surface area contributed by atoms with Gasteiger partial charge in [0.25, 0.3) is 5.56 Å². The summed E-state index contributed by atoms with van der Waals surface area (Å²) in [6, 6.07) is 14.6. The lowest BCUT2D eigenvalue weighted by molar-refractivity contribution is -0.122. The van der Waals surface area contributed by atoms with Crippen LogP contribution in [-0.4, -0.2) is 39.5 Å². The van der Waals surface area contributed by atoms with Crippen LogP contribution in [0.2, 0.25) is 0 Å². The number of rotatable bonds is 6. The maximum Gasteiger partial charge on any atom is 0.263 e. The molecule has 1 aliphatic rings. The number of carbonyl (C=O) groups excluding carboxylic acids is 1. The molecule has 1 amide bonds. The lowest BCUT2D eigenvalue weighted by atomic mass is 10.0. The van der Waals surface area contributed by atoms with Crippen LogP contribution < -0.4 is 10.9 Å². The van der Waals surface area contributed by atoms with Gasteiger partial charge in [-0.05, 0) is 29.9 Å². The molecule has 1 saturated heterocycles. The zero-order valence-electron chi connectivity index (χ0n) is 17.6. The summed E-state index contributed by atoms with van der Waals surface area (Å²) in [5.41, 5.74) is 2.05. The summed E-state index contributed by atoms with van der Waals surface area (Å²) < 4.78 is 1.42. The number of likely N-dealkylation sites (tertiary alicyclic amines) is 1. The Labute approximate surface area is 194 Å². The number of nitrogens with one attached hydrogen (secondary N) is 1.